The first-order valence-corrected chi connectivity index (χ1v) is 6.25. The summed E-state index contributed by atoms with van der Waals surface area (Å²) < 4.78 is 69.0. The van der Waals surface area contributed by atoms with Crippen LogP contribution in [0.25, 0.3) is 0 Å². The van der Waals surface area contributed by atoms with E-state index in [4.69, 9.17) is 10.5 Å². The van der Waals surface area contributed by atoms with Crippen molar-refractivity contribution < 1.29 is 26.7 Å². The second kappa shape index (κ2) is 5.92. The average Bonchev–Trinajstić information content (AvgIpc) is 2.46. The normalized spacial score (nSPS) is 13.7. The average molecular weight is 317 g/mol. The Bertz CT molecular complexity index is 627. The molecule has 0 unspecified atom stereocenters. The first-order chi connectivity index (χ1) is 10.2. The Morgan fingerprint density at radius 2 is 1.41 bits per heavy atom. The molecule has 2 aromatic rings. The van der Waals surface area contributed by atoms with Gasteiger partial charge in [-0.05, 0) is 29.8 Å². The van der Waals surface area contributed by atoms with E-state index in [1.54, 1.807) is 30.3 Å². The van der Waals surface area contributed by atoms with Gasteiger partial charge in [-0.25, -0.2) is 0 Å². The molecule has 0 saturated heterocycles. The van der Waals surface area contributed by atoms with Crippen LogP contribution in [0.15, 0.2) is 54.6 Å². The summed E-state index contributed by atoms with van der Waals surface area (Å²) in [5, 5.41) is 0. The molecule has 0 aliphatic heterocycles. The van der Waals surface area contributed by atoms with E-state index < -0.39 is 18.1 Å². The van der Waals surface area contributed by atoms with E-state index in [1.165, 1.54) is 12.1 Å². The lowest BCUT2D eigenvalue weighted by Crippen LogP contribution is -2.45. The van der Waals surface area contributed by atoms with Crippen LogP contribution in [0.1, 0.15) is 11.6 Å². The van der Waals surface area contributed by atoms with Gasteiger partial charge in [0.05, 0.1) is 0 Å². The van der Waals surface area contributed by atoms with E-state index >= 15 is 0 Å². The predicted octanol–water partition coefficient (Wildman–Crippen LogP) is 4.68. The number of halogens is 5. The van der Waals surface area contributed by atoms with Gasteiger partial charge in [0, 0.05) is 0 Å². The van der Waals surface area contributed by atoms with Crippen molar-refractivity contribution in [3.8, 4) is 11.5 Å². The molecule has 7 heteroatoms. The Balaban J connectivity index is 2.25. The third kappa shape index (κ3) is 3.36. The maximum atomic E-state index is 13.3. The van der Waals surface area contributed by atoms with Gasteiger partial charge < -0.3 is 10.5 Å². The van der Waals surface area contributed by atoms with Crippen molar-refractivity contribution >= 4 is 0 Å². The highest BCUT2D eigenvalue weighted by molar-refractivity contribution is 5.35. The topological polar surface area (TPSA) is 35.2 Å². The van der Waals surface area contributed by atoms with Gasteiger partial charge in [-0.15, -0.1) is 0 Å². The van der Waals surface area contributed by atoms with Crippen molar-refractivity contribution in [2.45, 2.75) is 18.1 Å². The Kier molecular flexibility index (Phi) is 4.37. The Morgan fingerprint density at radius 1 is 0.818 bits per heavy atom. The first kappa shape index (κ1) is 16.2. The lowest BCUT2D eigenvalue weighted by Gasteiger charge is -2.26. The van der Waals surface area contributed by atoms with Crippen molar-refractivity contribution in [1.82, 2.24) is 0 Å². The van der Waals surface area contributed by atoms with Crippen LogP contribution in [-0.4, -0.2) is 12.1 Å². The van der Waals surface area contributed by atoms with Gasteiger partial charge in [0.1, 0.15) is 17.5 Å². The fraction of sp³-hybridized carbons (Fsp3) is 0.200. The summed E-state index contributed by atoms with van der Waals surface area (Å²) in [6, 6.07) is 10.8. The lowest BCUT2D eigenvalue weighted by atomic mass is 10.0. The largest absolute Gasteiger partial charge is 0.457 e. The minimum atomic E-state index is -5.72. The smallest absolute Gasteiger partial charge is 0.455 e. The van der Waals surface area contributed by atoms with E-state index in [2.05, 4.69) is 0 Å². The molecule has 0 heterocycles. The van der Waals surface area contributed by atoms with Gasteiger partial charge in [0.25, 0.3) is 0 Å². The Morgan fingerprint density at radius 3 is 2.00 bits per heavy atom. The van der Waals surface area contributed by atoms with Crippen LogP contribution >= 0.6 is 0 Å². The van der Waals surface area contributed by atoms with Crippen molar-refractivity contribution in [2.75, 3.05) is 0 Å². The number of nitrogens with two attached hydrogens (primary N) is 1. The third-order valence-corrected chi connectivity index (χ3v) is 2.96. The molecule has 1 atom stereocenters. The van der Waals surface area contributed by atoms with E-state index in [9.17, 15) is 22.0 Å². The summed E-state index contributed by atoms with van der Waals surface area (Å²) in [6.07, 6.45) is -5.72. The zero-order chi connectivity index (χ0) is 16.4. The summed E-state index contributed by atoms with van der Waals surface area (Å²) in [5.41, 5.74) is 4.73. The minimum absolute atomic E-state index is 0.122. The Hall–Kier alpha value is -2.15. The van der Waals surface area contributed by atoms with Crippen LogP contribution in [0.5, 0.6) is 11.5 Å². The monoisotopic (exact) mass is 317 g/mol. The van der Waals surface area contributed by atoms with E-state index in [-0.39, 0.29) is 11.3 Å². The molecule has 0 radical (unpaired) electrons. The van der Waals surface area contributed by atoms with E-state index in [0.29, 0.717) is 5.75 Å². The molecule has 2 aromatic carbocycles. The number of hydrogen-bond acceptors (Lipinski definition) is 2. The van der Waals surface area contributed by atoms with Crippen LogP contribution in [-0.2, 0) is 0 Å². The summed E-state index contributed by atoms with van der Waals surface area (Å²) in [4.78, 5) is 0. The number of ether oxygens (including phenoxy) is 1. The molecule has 0 aliphatic rings. The van der Waals surface area contributed by atoms with Gasteiger partial charge in [-0.1, -0.05) is 30.3 Å². The predicted molar refractivity (Wildman–Crippen MR) is 70.9 cm³/mol. The van der Waals surface area contributed by atoms with Crippen LogP contribution < -0.4 is 10.5 Å². The minimum Gasteiger partial charge on any atom is -0.457 e. The number of benzene rings is 2. The Labute approximate surface area is 123 Å². The summed E-state index contributed by atoms with van der Waals surface area (Å²) >= 11 is 0. The molecule has 0 amide bonds. The molecule has 0 fully saturated rings. The number of para-hydroxylation sites is 1. The van der Waals surface area contributed by atoms with Gasteiger partial charge in [-0.3, -0.25) is 0 Å². The molecule has 0 bridgehead atoms. The molecule has 0 spiro atoms. The molecule has 0 aromatic heterocycles. The maximum absolute atomic E-state index is 13.3. The highest BCUT2D eigenvalue weighted by atomic mass is 19.4. The number of alkyl halides is 5. The third-order valence-electron chi connectivity index (χ3n) is 2.96. The highest BCUT2D eigenvalue weighted by Crippen LogP contribution is 2.43. The first-order valence-electron chi connectivity index (χ1n) is 6.25. The van der Waals surface area contributed by atoms with Crippen molar-refractivity contribution in [3.63, 3.8) is 0 Å². The zero-order valence-corrected chi connectivity index (χ0v) is 11.1. The van der Waals surface area contributed by atoms with E-state index in [0.717, 1.165) is 12.1 Å². The second-order valence-electron chi connectivity index (χ2n) is 4.59. The van der Waals surface area contributed by atoms with Crippen LogP contribution in [0.3, 0.4) is 0 Å². The van der Waals surface area contributed by atoms with Crippen LogP contribution in [0.4, 0.5) is 22.0 Å². The fourth-order valence-corrected chi connectivity index (χ4v) is 1.78. The summed E-state index contributed by atoms with van der Waals surface area (Å²) in [5.74, 6) is -4.48. The van der Waals surface area contributed by atoms with Gasteiger partial charge >= 0.3 is 12.1 Å². The molecule has 2 rings (SSSR count). The summed E-state index contributed by atoms with van der Waals surface area (Å²) in [7, 11) is 0. The molecule has 0 saturated carbocycles. The summed E-state index contributed by atoms with van der Waals surface area (Å²) in [6.45, 7) is 0. The van der Waals surface area contributed by atoms with Gasteiger partial charge in [-0.2, -0.15) is 22.0 Å². The van der Waals surface area contributed by atoms with E-state index in [1.807, 2.05) is 0 Å². The number of rotatable bonds is 4. The fourth-order valence-electron chi connectivity index (χ4n) is 1.78. The molecule has 2 N–H and O–H groups in total. The second-order valence-corrected chi connectivity index (χ2v) is 4.59. The van der Waals surface area contributed by atoms with Crippen molar-refractivity contribution in [3.05, 3.63) is 60.2 Å². The van der Waals surface area contributed by atoms with Crippen molar-refractivity contribution in [1.29, 1.82) is 0 Å². The van der Waals surface area contributed by atoms with Crippen molar-refractivity contribution in [2.24, 2.45) is 5.73 Å². The molecule has 118 valence electrons. The number of hydrogen-bond donors (Lipinski definition) is 1. The van der Waals surface area contributed by atoms with Gasteiger partial charge in [0.2, 0.25) is 0 Å². The maximum Gasteiger partial charge on any atom is 0.455 e. The molecule has 22 heavy (non-hydrogen) atoms. The van der Waals surface area contributed by atoms with Crippen LogP contribution in [0.2, 0.25) is 0 Å². The highest BCUT2D eigenvalue weighted by Gasteiger charge is 2.61. The molecule has 0 aliphatic carbocycles. The molecular formula is C15H12F5NO. The molecule has 2 nitrogen and oxygen atoms in total. The SMILES string of the molecule is N[C@@H](c1cccc(Oc2ccccc2)c1)C(F)(F)C(F)(F)F. The molecular weight excluding hydrogens is 305 g/mol. The standard InChI is InChI=1S/C15H12F5NO/c16-14(17,15(18,19)20)13(21)10-5-4-8-12(9-10)22-11-6-2-1-3-7-11/h1-9,13H,21H2/t13-/m0/s1. The van der Waals surface area contributed by atoms with Gasteiger partial charge in [0.15, 0.2) is 0 Å². The zero-order valence-electron chi connectivity index (χ0n) is 11.1. The van der Waals surface area contributed by atoms with Crippen LogP contribution in [0, 0.1) is 0 Å². The lowest BCUT2D eigenvalue weighted by molar-refractivity contribution is -0.291. The quantitative estimate of drug-likeness (QED) is 0.831.